The number of rotatable bonds is 6. The Labute approximate surface area is 182 Å². The largest absolute Gasteiger partial charge is 0.545 e. The number of hydrogen-bond acceptors (Lipinski definition) is 5. The van der Waals surface area contributed by atoms with Gasteiger partial charge in [-0.25, -0.2) is 8.42 Å². The van der Waals surface area contributed by atoms with Crippen molar-refractivity contribution >= 4 is 56.5 Å². The Morgan fingerprint density at radius 3 is 2.07 bits per heavy atom. The average molecular weight is 464 g/mol. The van der Waals surface area contributed by atoms with E-state index in [0.29, 0.717) is 5.69 Å². The van der Waals surface area contributed by atoms with E-state index in [0.717, 1.165) is 12.1 Å². The third-order valence-corrected chi connectivity index (χ3v) is 6.12. The van der Waals surface area contributed by atoms with Crippen LogP contribution in [0.5, 0.6) is 0 Å². The van der Waals surface area contributed by atoms with E-state index in [-0.39, 0.29) is 31.8 Å². The van der Waals surface area contributed by atoms with E-state index in [2.05, 4.69) is 10.0 Å². The summed E-state index contributed by atoms with van der Waals surface area (Å²) in [5, 5.41) is 13.2. The molecule has 0 saturated carbocycles. The van der Waals surface area contributed by atoms with Gasteiger partial charge in [0.05, 0.1) is 21.6 Å². The lowest BCUT2D eigenvalue weighted by Crippen LogP contribution is -2.22. The van der Waals surface area contributed by atoms with Crippen molar-refractivity contribution in [3.05, 3.63) is 87.9 Å². The molecule has 0 saturated heterocycles. The number of hydrogen-bond donors (Lipinski definition) is 2. The van der Waals surface area contributed by atoms with Crippen LogP contribution in [0.15, 0.2) is 71.6 Å². The minimum Gasteiger partial charge on any atom is -0.545 e. The second kappa shape index (κ2) is 8.74. The Morgan fingerprint density at radius 2 is 1.47 bits per heavy atom. The molecule has 2 N–H and O–H groups in total. The molecule has 0 aliphatic heterocycles. The number of carboxylic acids is 1. The number of halogens is 2. The molecule has 0 atom stereocenters. The summed E-state index contributed by atoms with van der Waals surface area (Å²) in [6.07, 6.45) is 0. The number of nitrogens with one attached hydrogen (secondary N) is 2. The van der Waals surface area contributed by atoms with Crippen molar-refractivity contribution < 1.29 is 23.1 Å². The molecule has 0 spiro atoms. The van der Waals surface area contributed by atoms with Crippen molar-refractivity contribution in [3.63, 3.8) is 0 Å². The number of sulfonamides is 1. The molecule has 0 aromatic heterocycles. The zero-order valence-electron chi connectivity index (χ0n) is 15.1. The smallest absolute Gasteiger partial charge is 0.263 e. The van der Waals surface area contributed by atoms with Gasteiger partial charge in [0.15, 0.2) is 0 Å². The summed E-state index contributed by atoms with van der Waals surface area (Å²) >= 11 is 12.2. The van der Waals surface area contributed by atoms with Gasteiger partial charge in [-0.15, -0.1) is 0 Å². The number of benzene rings is 3. The summed E-state index contributed by atoms with van der Waals surface area (Å²) in [5.74, 6) is -2.00. The highest BCUT2D eigenvalue weighted by atomic mass is 35.5. The van der Waals surface area contributed by atoms with Crippen LogP contribution in [-0.2, 0) is 10.0 Å². The highest BCUT2D eigenvalue weighted by Gasteiger charge is 2.23. The average Bonchev–Trinajstić information content (AvgIpc) is 2.68. The molecule has 0 heterocycles. The van der Waals surface area contributed by atoms with Crippen LogP contribution < -0.4 is 15.1 Å². The van der Waals surface area contributed by atoms with Crippen molar-refractivity contribution in [3.8, 4) is 0 Å². The van der Waals surface area contributed by atoms with Crippen LogP contribution in [0.4, 0.5) is 11.4 Å². The fourth-order valence-electron chi connectivity index (χ4n) is 2.51. The van der Waals surface area contributed by atoms with E-state index >= 15 is 0 Å². The minimum atomic E-state index is -4.21. The number of aromatic carboxylic acids is 1. The Morgan fingerprint density at radius 1 is 0.833 bits per heavy atom. The first-order valence-electron chi connectivity index (χ1n) is 8.37. The van der Waals surface area contributed by atoms with Gasteiger partial charge in [0, 0.05) is 11.4 Å². The van der Waals surface area contributed by atoms with E-state index in [1.165, 1.54) is 24.3 Å². The minimum absolute atomic E-state index is 0.0225. The predicted octanol–water partition coefficient (Wildman–Crippen LogP) is 3.41. The van der Waals surface area contributed by atoms with Gasteiger partial charge in [0.2, 0.25) is 0 Å². The summed E-state index contributed by atoms with van der Waals surface area (Å²) in [6.45, 7) is 0. The number of amides is 1. The fourth-order valence-corrected chi connectivity index (χ4v) is 4.43. The van der Waals surface area contributed by atoms with Gasteiger partial charge in [0.25, 0.3) is 15.9 Å². The summed E-state index contributed by atoms with van der Waals surface area (Å²) in [7, 11) is -4.21. The summed E-state index contributed by atoms with van der Waals surface area (Å²) in [6, 6.07) is 15.7. The Balaban J connectivity index is 1.91. The molecule has 0 radical (unpaired) electrons. The molecular formula is C20H13Cl2N2O5S-. The molecule has 0 aliphatic rings. The fraction of sp³-hybridized carbons (Fsp3) is 0. The van der Waals surface area contributed by atoms with Crippen molar-refractivity contribution in [2.45, 2.75) is 4.90 Å². The van der Waals surface area contributed by atoms with E-state index < -0.39 is 21.9 Å². The molecule has 3 aromatic rings. The molecule has 7 nitrogen and oxygen atoms in total. The number of carbonyl (C=O) groups is 2. The molecule has 154 valence electrons. The second-order valence-electron chi connectivity index (χ2n) is 6.05. The van der Waals surface area contributed by atoms with Crippen LogP contribution in [0.2, 0.25) is 10.0 Å². The SMILES string of the molecule is O=C([O-])c1ccc(NS(=O)(=O)c2cc(C(=O)Nc3ccccc3)c(Cl)cc2Cl)cc1. The van der Waals surface area contributed by atoms with Crippen molar-refractivity contribution in [2.24, 2.45) is 0 Å². The quantitative estimate of drug-likeness (QED) is 0.580. The maximum absolute atomic E-state index is 12.8. The molecule has 3 rings (SSSR count). The van der Waals surface area contributed by atoms with Crippen LogP contribution in [-0.4, -0.2) is 20.3 Å². The van der Waals surface area contributed by atoms with Gasteiger partial charge in [0.1, 0.15) is 4.90 Å². The summed E-state index contributed by atoms with van der Waals surface area (Å²) in [4.78, 5) is 23.0. The topological polar surface area (TPSA) is 115 Å². The number of para-hydroxylation sites is 1. The van der Waals surface area contributed by atoms with E-state index in [9.17, 15) is 23.1 Å². The summed E-state index contributed by atoms with van der Waals surface area (Å²) < 4.78 is 27.8. The highest BCUT2D eigenvalue weighted by molar-refractivity contribution is 7.92. The lowest BCUT2D eigenvalue weighted by atomic mass is 10.2. The molecule has 30 heavy (non-hydrogen) atoms. The van der Waals surface area contributed by atoms with Gasteiger partial charge in [-0.3, -0.25) is 9.52 Å². The molecule has 0 unspecified atom stereocenters. The lowest BCUT2D eigenvalue weighted by Gasteiger charge is -2.13. The highest BCUT2D eigenvalue weighted by Crippen LogP contribution is 2.30. The zero-order valence-corrected chi connectivity index (χ0v) is 17.4. The van der Waals surface area contributed by atoms with Crippen LogP contribution >= 0.6 is 23.2 Å². The van der Waals surface area contributed by atoms with Crippen molar-refractivity contribution in [2.75, 3.05) is 10.0 Å². The monoisotopic (exact) mass is 463 g/mol. The van der Waals surface area contributed by atoms with E-state index in [1.807, 2.05) is 0 Å². The second-order valence-corrected chi connectivity index (χ2v) is 8.52. The van der Waals surface area contributed by atoms with Crippen molar-refractivity contribution in [1.29, 1.82) is 0 Å². The molecule has 0 aliphatic carbocycles. The van der Waals surface area contributed by atoms with E-state index in [4.69, 9.17) is 23.2 Å². The van der Waals surface area contributed by atoms with Gasteiger partial charge < -0.3 is 15.2 Å². The first-order chi connectivity index (χ1) is 14.2. The maximum Gasteiger partial charge on any atom is 0.263 e. The van der Waals surface area contributed by atoms with Gasteiger partial charge >= 0.3 is 0 Å². The molecular weight excluding hydrogens is 451 g/mol. The normalized spacial score (nSPS) is 11.0. The van der Waals surface area contributed by atoms with Crippen molar-refractivity contribution in [1.82, 2.24) is 0 Å². The van der Waals surface area contributed by atoms with Gasteiger partial charge in [-0.1, -0.05) is 53.5 Å². The van der Waals surface area contributed by atoms with Gasteiger partial charge in [-0.2, -0.15) is 0 Å². The standard InChI is InChI=1S/C20H14Cl2N2O5S/c21-16-11-17(22)18(10-15(16)19(25)23-13-4-2-1-3-5-13)30(28,29)24-14-8-6-12(7-9-14)20(26)27/h1-11,24H,(H,23,25)(H,26,27)/p-1. The summed E-state index contributed by atoms with van der Waals surface area (Å²) in [5.41, 5.74) is 0.408. The number of carboxylic acid groups (broad SMARTS) is 1. The molecule has 3 aromatic carbocycles. The molecule has 10 heteroatoms. The third-order valence-electron chi connectivity index (χ3n) is 3.96. The first-order valence-corrected chi connectivity index (χ1v) is 10.6. The number of anilines is 2. The first kappa shape index (κ1) is 21.6. The Hall–Kier alpha value is -3.07. The lowest BCUT2D eigenvalue weighted by molar-refractivity contribution is -0.255. The van der Waals surface area contributed by atoms with Crippen LogP contribution in [0.1, 0.15) is 20.7 Å². The number of carbonyl (C=O) groups excluding carboxylic acids is 2. The van der Waals surface area contributed by atoms with Crippen LogP contribution in [0.25, 0.3) is 0 Å². The molecule has 1 amide bonds. The van der Waals surface area contributed by atoms with Crippen LogP contribution in [0.3, 0.4) is 0 Å². The van der Waals surface area contributed by atoms with Gasteiger partial charge in [-0.05, 0) is 42.0 Å². The van der Waals surface area contributed by atoms with E-state index in [1.54, 1.807) is 30.3 Å². The zero-order chi connectivity index (χ0) is 21.9. The van der Waals surface area contributed by atoms with Crippen LogP contribution in [0, 0.1) is 0 Å². The Kier molecular flexibility index (Phi) is 6.31. The third kappa shape index (κ3) is 4.91. The Bertz CT molecular complexity index is 1210. The molecule has 0 fully saturated rings. The predicted molar refractivity (Wildman–Crippen MR) is 112 cm³/mol. The maximum atomic E-state index is 12.8. The molecule has 0 bridgehead atoms.